The van der Waals surface area contributed by atoms with Crippen molar-refractivity contribution < 1.29 is 0 Å². The lowest BCUT2D eigenvalue weighted by atomic mass is 10.3. The lowest BCUT2D eigenvalue weighted by molar-refractivity contribution is 0.363. The van der Waals surface area contributed by atoms with Gasteiger partial charge >= 0.3 is 0 Å². The van der Waals surface area contributed by atoms with E-state index in [-0.39, 0.29) is 0 Å². The van der Waals surface area contributed by atoms with Crippen LogP contribution in [0.2, 0.25) is 0 Å². The van der Waals surface area contributed by atoms with Crippen LogP contribution in [0.4, 0.5) is 0 Å². The minimum Gasteiger partial charge on any atom is -0.318 e. The molecule has 2 heteroatoms. The summed E-state index contributed by atoms with van der Waals surface area (Å²) < 4.78 is 0. The molecule has 0 radical (unpaired) electrons. The summed E-state index contributed by atoms with van der Waals surface area (Å²) in [7, 11) is 4.07. The molecule has 0 fully saturated rings. The summed E-state index contributed by atoms with van der Waals surface area (Å²) in [5.41, 5.74) is 1.22. The lowest BCUT2D eigenvalue weighted by Gasteiger charge is -2.15. The molecule has 60 valence electrons. The van der Waals surface area contributed by atoms with Crippen molar-refractivity contribution in [1.29, 1.82) is 0 Å². The highest BCUT2D eigenvalue weighted by molar-refractivity contribution is 4.90. The monoisotopic (exact) mass is 142 g/mol. The molecule has 0 saturated carbocycles. The second kappa shape index (κ2) is 5.45. The first kappa shape index (κ1) is 9.66. The molecule has 0 saturated heterocycles. The van der Waals surface area contributed by atoms with Crippen LogP contribution < -0.4 is 5.32 Å². The molecule has 0 aliphatic carbocycles. The molecule has 0 aliphatic heterocycles. The first-order valence-corrected chi connectivity index (χ1v) is 3.64. The fraction of sp³-hybridized carbons (Fsp3) is 0.750. The fourth-order valence-corrected chi connectivity index (χ4v) is 0.842. The molecule has 0 aromatic carbocycles. The van der Waals surface area contributed by atoms with Gasteiger partial charge in [0.1, 0.15) is 0 Å². The third-order valence-electron chi connectivity index (χ3n) is 1.28. The van der Waals surface area contributed by atoms with Crippen molar-refractivity contribution >= 4 is 0 Å². The first-order valence-electron chi connectivity index (χ1n) is 3.64. The molecule has 0 aliphatic rings. The van der Waals surface area contributed by atoms with E-state index in [2.05, 4.69) is 30.8 Å². The van der Waals surface area contributed by atoms with Crippen molar-refractivity contribution in [2.75, 3.05) is 33.7 Å². The van der Waals surface area contributed by atoms with Gasteiger partial charge in [-0.2, -0.15) is 0 Å². The molecule has 0 aromatic heterocycles. The zero-order valence-corrected chi connectivity index (χ0v) is 7.28. The van der Waals surface area contributed by atoms with Crippen molar-refractivity contribution in [3.63, 3.8) is 0 Å². The van der Waals surface area contributed by atoms with E-state index in [1.54, 1.807) is 0 Å². The zero-order valence-electron chi connectivity index (χ0n) is 7.28. The normalized spacial score (nSPS) is 10.4. The van der Waals surface area contributed by atoms with Crippen molar-refractivity contribution in [2.45, 2.75) is 6.92 Å². The second-order valence-electron chi connectivity index (χ2n) is 2.80. The smallest absolute Gasteiger partial charge is 0.0184 e. The van der Waals surface area contributed by atoms with Gasteiger partial charge in [0.05, 0.1) is 0 Å². The van der Waals surface area contributed by atoms with Crippen LogP contribution in [0.3, 0.4) is 0 Å². The fourth-order valence-electron chi connectivity index (χ4n) is 0.842. The second-order valence-corrected chi connectivity index (χ2v) is 2.80. The highest BCUT2D eigenvalue weighted by atomic mass is 15.1. The largest absolute Gasteiger partial charge is 0.318 e. The van der Waals surface area contributed by atoms with Crippen LogP contribution in [0.25, 0.3) is 0 Å². The Balaban J connectivity index is 3.25. The van der Waals surface area contributed by atoms with Gasteiger partial charge < -0.3 is 10.2 Å². The molecular formula is C8H18N2. The van der Waals surface area contributed by atoms with Gasteiger partial charge in [-0.3, -0.25) is 0 Å². The van der Waals surface area contributed by atoms with E-state index in [4.69, 9.17) is 0 Å². The molecule has 0 amide bonds. The molecule has 0 heterocycles. The summed E-state index contributed by atoms with van der Waals surface area (Å²) in [5.74, 6) is 0. The summed E-state index contributed by atoms with van der Waals surface area (Å²) in [6.07, 6.45) is 0. The lowest BCUT2D eigenvalue weighted by Crippen LogP contribution is -2.28. The molecular weight excluding hydrogens is 124 g/mol. The Morgan fingerprint density at radius 1 is 1.60 bits per heavy atom. The van der Waals surface area contributed by atoms with Gasteiger partial charge in [0, 0.05) is 19.6 Å². The van der Waals surface area contributed by atoms with Gasteiger partial charge in [-0.1, -0.05) is 12.2 Å². The zero-order chi connectivity index (χ0) is 7.98. The third kappa shape index (κ3) is 5.79. The molecule has 0 rings (SSSR count). The molecule has 0 aromatic rings. The number of rotatable bonds is 5. The predicted octanol–water partition coefficient (Wildman–Crippen LogP) is 0.714. The van der Waals surface area contributed by atoms with Crippen LogP contribution in [-0.4, -0.2) is 38.6 Å². The number of likely N-dealkylation sites (N-methyl/N-ethyl adjacent to an activating group) is 2. The van der Waals surface area contributed by atoms with Gasteiger partial charge in [-0.25, -0.2) is 0 Å². The van der Waals surface area contributed by atoms with Crippen molar-refractivity contribution in [1.82, 2.24) is 10.2 Å². The number of hydrogen-bond donors (Lipinski definition) is 1. The first-order chi connectivity index (χ1) is 4.66. The molecule has 0 atom stereocenters. The summed E-state index contributed by atoms with van der Waals surface area (Å²) in [6, 6.07) is 0. The number of hydrogen-bond acceptors (Lipinski definition) is 2. The maximum atomic E-state index is 3.84. The number of nitrogens with zero attached hydrogens (tertiary/aromatic N) is 1. The summed E-state index contributed by atoms with van der Waals surface area (Å²) in [6.45, 7) is 9.03. The molecule has 1 N–H and O–H groups in total. The minimum atomic E-state index is 1.00. The minimum absolute atomic E-state index is 1.00. The van der Waals surface area contributed by atoms with Crippen LogP contribution in [-0.2, 0) is 0 Å². The van der Waals surface area contributed by atoms with Crippen LogP contribution in [0.15, 0.2) is 12.2 Å². The molecule has 0 spiro atoms. The summed E-state index contributed by atoms with van der Waals surface area (Å²) in [5, 5.41) is 3.10. The molecule has 2 nitrogen and oxygen atoms in total. The Labute approximate surface area is 63.9 Å². The third-order valence-corrected chi connectivity index (χ3v) is 1.28. The Morgan fingerprint density at radius 2 is 2.20 bits per heavy atom. The number of nitrogens with one attached hydrogen (secondary N) is 1. The Hall–Kier alpha value is -0.340. The van der Waals surface area contributed by atoms with E-state index in [9.17, 15) is 0 Å². The standard InChI is InChI=1S/C8H18N2/c1-8(2)7-10(4)6-5-9-3/h9H,1,5-7H2,2-4H3. The van der Waals surface area contributed by atoms with E-state index >= 15 is 0 Å². The van der Waals surface area contributed by atoms with Crippen LogP contribution in [0.5, 0.6) is 0 Å². The quantitative estimate of drug-likeness (QED) is 0.569. The van der Waals surface area contributed by atoms with Crippen molar-refractivity contribution in [2.24, 2.45) is 0 Å². The van der Waals surface area contributed by atoms with Gasteiger partial charge in [0.25, 0.3) is 0 Å². The summed E-state index contributed by atoms with van der Waals surface area (Å²) in [4.78, 5) is 2.25. The van der Waals surface area contributed by atoms with Gasteiger partial charge in [0.15, 0.2) is 0 Å². The van der Waals surface area contributed by atoms with E-state index in [0.717, 1.165) is 19.6 Å². The maximum absolute atomic E-state index is 3.84. The van der Waals surface area contributed by atoms with Gasteiger partial charge in [-0.05, 0) is 21.0 Å². The van der Waals surface area contributed by atoms with Crippen LogP contribution in [0, 0.1) is 0 Å². The van der Waals surface area contributed by atoms with E-state index < -0.39 is 0 Å². The molecule has 10 heavy (non-hydrogen) atoms. The van der Waals surface area contributed by atoms with E-state index in [0.29, 0.717) is 0 Å². The summed E-state index contributed by atoms with van der Waals surface area (Å²) >= 11 is 0. The van der Waals surface area contributed by atoms with Crippen molar-refractivity contribution in [3.8, 4) is 0 Å². The Morgan fingerprint density at radius 3 is 2.60 bits per heavy atom. The van der Waals surface area contributed by atoms with E-state index in [1.807, 2.05) is 7.05 Å². The Bertz CT molecular complexity index is 99.4. The van der Waals surface area contributed by atoms with Crippen LogP contribution >= 0.6 is 0 Å². The predicted molar refractivity (Wildman–Crippen MR) is 46.2 cm³/mol. The average Bonchev–Trinajstić information content (AvgIpc) is 1.82. The van der Waals surface area contributed by atoms with Crippen molar-refractivity contribution in [3.05, 3.63) is 12.2 Å². The van der Waals surface area contributed by atoms with Crippen LogP contribution in [0.1, 0.15) is 6.92 Å². The van der Waals surface area contributed by atoms with E-state index in [1.165, 1.54) is 5.57 Å². The highest BCUT2D eigenvalue weighted by Crippen LogP contribution is 1.89. The topological polar surface area (TPSA) is 15.3 Å². The molecule has 0 bridgehead atoms. The SMILES string of the molecule is C=C(C)CN(C)CCNC. The average molecular weight is 142 g/mol. The maximum Gasteiger partial charge on any atom is 0.0184 e. The van der Waals surface area contributed by atoms with Gasteiger partial charge in [0.2, 0.25) is 0 Å². The highest BCUT2D eigenvalue weighted by Gasteiger charge is 1.94. The molecule has 0 unspecified atom stereocenters. The van der Waals surface area contributed by atoms with Gasteiger partial charge in [-0.15, -0.1) is 0 Å². The Kier molecular flexibility index (Phi) is 5.26.